The van der Waals surface area contributed by atoms with Crippen LogP contribution in [0.1, 0.15) is 31.4 Å². The molecular formula is C21H24Cl2N2O2. The first-order valence-corrected chi connectivity index (χ1v) is 9.73. The summed E-state index contributed by atoms with van der Waals surface area (Å²) in [5, 5.41) is 3.73. The van der Waals surface area contributed by atoms with Crippen LogP contribution in [0.25, 0.3) is 0 Å². The number of rotatable bonds is 8. The highest BCUT2D eigenvalue weighted by atomic mass is 35.5. The molecule has 4 nitrogen and oxygen atoms in total. The van der Waals surface area contributed by atoms with Crippen LogP contribution in [-0.4, -0.2) is 29.3 Å². The first-order valence-electron chi connectivity index (χ1n) is 8.98. The molecule has 2 amide bonds. The molecule has 0 heterocycles. The number of nitrogens with zero attached hydrogens (tertiary/aromatic N) is 1. The third kappa shape index (κ3) is 5.98. The van der Waals surface area contributed by atoms with Gasteiger partial charge in [-0.15, -0.1) is 0 Å². The van der Waals surface area contributed by atoms with Crippen LogP contribution in [0.3, 0.4) is 0 Å². The lowest BCUT2D eigenvalue weighted by Gasteiger charge is -2.29. The Morgan fingerprint density at radius 1 is 1.04 bits per heavy atom. The SMILES string of the molecule is CCNC(=O)C(C)N(Cc1c(Cl)cccc1Cl)C(=O)CCc1ccccc1. The van der Waals surface area contributed by atoms with E-state index >= 15 is 0 Å². The molecule has 2 rings (SSSR count). The molecule has 144 valence electrons. The van der Waals surface area contributed by atoms with Gasteiger partial charge in [0.25, 0.3) is 0 Å². The highest BCUT2D eigenvalue weighted by molar-refractivity contribution is 6.36. The van der Waals surface area contributed by atoms with Crippen molar-refractivity contribution in [2.75, 3.05) is 6.54 Å². The molecule has 1 N–H and O–H groups in total. The highest BCUT2D eigenvalue weighted by Crippen LogP contribution is 2.27. The van der Waals surface area contributed by atoms with Crippen LogP contribution in [-0.2, 0) is 22.6 Å². The maximum absolute atomic E-state index is 13.0. The number of hydrogen-bond acceptors (Lipinski definition) is 2. The number of nitrogens with one attached hydrogen (secondary N) is 1. The van der Waals surface area contributed by atoms with Crippen LogP contribution < -0.4 is 5.32 Å². The van der Waals surface area contributed by atoms with Crippen LogP contribution in [0.4, 0.5) is 0 Å². The molecule has 0 spiro atoms. The molecule has 0 fully saturated rings. The number of carbonyl (C=O) groups is 2. The van der Waals surface area contributed by atoms with Crippen molar-refractivity contribution in [1.29, 1.82) is 0 Å². The number of carbonyl (C=O) groups excluding carboxylic acids is 2. The fraction of sp³-hybridized carbons (Fsp3) is 0.333. The number of halogens is 2. The van der Waals surface area contributed by atoms with Crippen LogP contribution in [0, 0.1) is 0 Å². The maximum Gasteiger partial charge on any atom is 0.242 e. The smallest absolute Gasteiger partial charge is 0.242 e. The van der Waals surface area contributed by atoms with E-state index in [-0.39, 0.29) is 18.4 Å². The molecule has 0 saturated heterocycles. The van der Waals surface area contributed by atoms with E-state index < -0.39 is 6.04 Å². The summed E-state index contributed by atoms with van der Waals surface area (Å²) >= 11 is 12.5. The first kappa shape index (κ1) is 21.3. The van der Waals surface area contributed by atoms with Crippen molar-refractivity contribution >= 4 is 35.0 Å². The van der Waals surface area contributed by atoms with E-state index in [1.165, 1.54) is 0 Å². The lowest BCUT2D eigenvalue weighted by atomic mass is 10.1. The summed E-state index contributed by atoms with van der Waals surface area (Å²) in [6.45, 7) is 4.25. The van der Waals surface area contributed by atoms with E-state index in [1.54, 1.807) is 30.0 Å². The molecule has 2 aromatic carbocycles. The minimum atomic E-state index is -0.624. The molecule has 0 aliphatic heterocycles. The second kappa shape index (κ2) is 10.3. The zero-order valence-corrected chi connectivity index (χ0v) is 17.1. The average Bonchev–Trinajstić information content (AvgIpc) is 2.66. The van der Waals surface area contributed by atoms with Gasteiger partial charge in [0.2, 0.25) is 11.8 Å². The second-order valence-corrected chi connectivity index (χ2v) is 7.09. The lowest BCUT2D eigenvalue weighted by molar-refractivity contribution is -0.140. The topological polar surface area (TPSA) is 49.4 Å². The molecule has 0 aromatic heterocycles. The molecule has 1 unspecified atom stereocenters. The third-order valence-electron chi connectivity index (χ3n) is 4.38. The van der Waals surface area contributed by atoms with Crippen molar-refractivity contribution < 1.29 is 9.59 Å². The first-order chi connectivity index (χ1) is 12.9. The minimum Gasteiger partial charge on any atom is -0.355 e. The molecular weight excluding hydrogens is 383 g/mol. The number of amides is 2. The van der Waals surface area contributed by atoms with Gasteiger partial charge >= 0.3 is 0 Å². The molecule has 1 atom stereocenters. The minimum absolute atomic E-state index is 0.117. The van der Waals surface area contributed by atoms with E-state index in [0.717, 1.165) is 5.56 Å². The molecule has 6 heteroatoms. The Labute approximate surface area is 170 Å². The van der Waals surface area contributed by atoms with Gasteiger partial charge in [0.05, 0.1) is 0 Å². The van der Waals surface area contributed by atoms with Crippen molar-refractivity contribution in [2.24, 2.45) is 0 Å². The summed E-state index contributed by atoms with van der Waals surface area (Å²) in [7, 11) is 0. The largest absolute Gasteiger partial charge is 0.355 e. The Hall–Kier alpha value is -2.04. The molecule has 0 aliphatic carbocycles. The zero-order chi connectivity index (χ0) is 19.8. The molecule has 2 aromatic rings. The standard InChI is InChI=1S/C21H24Cl2N2O2/c1-3-24-21(27)15(2)25(14-17-18(22)10-7-11-19(17)23)20(26)13-12-16-8-5-4-6-9-16/h4-11,15H,3,12-14H2,1-2H3,(H,24,27). The van der Waals surface area contributed by atoms with E-state index in [4.69, 9.17) is 23.2 Å². The average molecular weight is 407 g/mol. The summed E-state index contributed by atoms with van der Waals surface area (Å²) < 4.78 is 0. The van der Waals surface area contributed by atoms with Gasteiger partial charge in [0.15, 0.2) is 0 Å². The summed E-state index contributed by atoms with van der Waals surface area (Å²) in [6, 6.07) is 14.4. The maximum atomic E-state index is 13.0. The Balaban J connectivity index is 2.20. The zero-order valence-electron chi connectivity index (χ0n) is 15.5. The monoisotopic (exact) mass is 406 g/mol. The fourth-order valence-corrected chi connectivity index (χ4v) is 3.31. The van der Waals surface area contributed by atoms with Gasteiger partial charge in [-0.2, -0.15) is 0 Å². The van der Waals surface area contributed by atoms with E-state index in [2.05, 4.69) is 5.32 Å². The Morgan fingerprint density at radius 2 is 1.67 bits per heavy atom. The number of likely N-dealkylation sites (N-methyl/N-ethyl adjacent to an activating group) is 1. The Kier molecular flexibility index (Phi) is 8.14. The molecule has 0 bridgehead atoms. The van der Waals surface area contributed by atoms with Crippen molar-refractivity contribution in [3.05, 3.63) is 69.7 Å². The van der Waals surface area contributed by atoms with Crippen molar-refractivity contribution in [1.82, 2.24) is 10.2 Å². The second-order valence-electron chi connectivity index (χ2n) is 6.28. The van der Waals surface area contributed by atoms with Gasteiger partial charge in [0, 0.05) is 35.1 Å². The lowest BCUT2D eigenvalue weighted by Crippen LogP contribution is -2.47. The van der Waals surface area contributed by atoms with E-state index in [9.17, 15) is 9.59 Å². The Morgan fingerprint density at radius 3 is 2.26 bits per heavy atom. The summed E-state index contributed by atoms with van der Waals surface area (Å²) in [5.41, 5.74) is 1.72. The number of benzene rings is 2. The predicted molar refractivity (Wildman–Crippen MR) is 110 cm³/mol. The van der Waals surface area contributed by atoms with Crippen molar-refractivity contribution in [3.8, 4) is 0 Å². The van der Waals surface area contributed by atoms with Gasteiger partial charge in [-0.25, -0.2) is 0 Å². The molecule has 0 saturated carbocycles. The van der Waals surface area contributed by atoms with Crippen LogP contribution in [0.15, 0.2) is 48.5 Å². The van der Waals surface area contributed by atoms with Gasteiger partial charge < -0.3 is 10.2 Å². The normalized spacial score (nSPS) is 11.7. The van der Waals surface area contributed by atoms with E-state index in [1.807, 2.05) is 37.3 Å². The molecule has 0 aliphatic rings. The third-order valence-corrected chi connectivity index (χ3v) is 5.09. The van der Waals surface area contributed by atoms with Crippen LogP contribution >= 0.6 is 23.2 Å². The molecule has 27 heavy (non-hydrogen) atoms. The van der Waals surface area contributed by atoms with Gasteiger partial charge in [-0.3, -0.25) is 9.59 Å². The summed E-state index contributed by atoms with van der Waals surface area (Å²) in [5.74, 6) is -0.317. The fourth-order valence-electron chi connectivity index (χ4n) is 2.80. The number of aryl methyl sites for hydroxylation is 1. The quantitative estimate of drug-likeness (QED) is 0.702. The predicted octanol–water partition coefficient (Wildman–Crippen LogP) is 4.48. The van der Waals surface area contributed by atoms with Gasteiger partial charge in [-0.1, -0.05) is 59.6 Å². The van der Waals surface area contributed by atoms with Gasteiger partial charge in [0.1, 0.15) is 6.04 Å². The number of hydrogen-bond donors (Lipinski definition) is 1. The Bertz CT molecular complexity index is 761. The van der Waals surface area contributed by atoms with Crippen molar-refractivity contribution in [3.63, 3.8) is 0 Å². The van der Waals surface area contributed by atoms with Crippen LogP contribution in [0.2, 0.25) is 10.0 Å². The van der Waals surface area contributed by atoms with E-state index in [0.29, 0.717) is 35.0 Å². The highest BCUT2D eigenvalue weighted by Gasteiger charge is 2.26. The summed E-state index contributed by atoms with van der Waals surface area (Å²) in [6.07, 6.45) is 0.907. The summed E-state index contributed by atoms with van der Waals surface area (Å²) in [4.78, 5) is 26.8. The van der Waals surface area contributed by atoms with Gasteiger partial charge in [-0.05, 0) is 38.0 Å². The van der Waals surface area contributed by atoms with Crippen LogP contribution in [0.5, 0.6) is 0 Å². The van der Waals surface area contributed by atoms with Crippen molar-refractivity contribution in [2.45, 2.75) is 39.3 Å². The molecule has 0 radical (unpaired) electrons.